The fraction of sp³-hybridized carbons (Fsp3) is 0.533. The Balaban J connectivity index is 1.98. The molecule has 0 amide bonds. The van der Waals surface area contributed by atoms with Gasteiger partial charge in [0.15, 0.2) is 0 Å². The topological polar surface area (TPSA) is 29.9 Å². The molecule has 3 nitrogen and oxygen atoms in total. The summed E-state index contributed by atoms with van der Waals surface area (Å²) in [4.78, 5) is 4.85. The summed E-state index contributed by atoms with van der Waals surface area (Å²) in [6, 6.07) is 7.00. The normalized spacial score (nSPS) is 19.4. The third-order valence-electron chi connectivity index (χ3n) is 3.83. The fourth-order valence-electron chi connectivity index (χ4n) is 2.93. The zero-order valence-electron chi connectivity index (χ0n) is 11.3. The fourth-order valence-corrected chi connectivity index (χ4v) is 3.28. The molecule has 3 rings (SSSR count). The van der Waals surface area contributed by atoms with Crippen LogP contribution in [-0.2, 0) is 13.0 Å². The van der Waals surface area contributed by atoms with Gasteiger partial charge < -0.3 is 9.88 Å². The maximum atomic E-state index is 4.85. The van der Waals surface area contributed by atoms with Gasteiger partial charge in [-0.2, -0.15) is 0 Å². The predicted molar refractivity (Wildman–Crippen MR) is 82.5 cm³/mol. The number of rotatable bonds is 4. The van der Waals surface area contributed by atoms with Crippen molar-refractivity contribution in [2.75, 3.05) is 6.54 Å². The van der Waals surface area contributed by atoms with Crippen LogP contribution in [0.1, 0.15) is 32.0 Å². The molecular weight excluding hydrogens is 302 g/mol. The van der Waals surface area contributed by atoms with Crippen LogP contribution in [0.15, 0.2) is 22.7 Å². The second kappa shape index (κ2) is 5.63. The molecular formula is C15H20BrN3. The lowest BCUT2D eigenvalue weighted by Crippen LogP contribution is -2.25. The average molecular weight is 322 g/mol. The molecule has 1 unspecified atom stereocenters. The Morgan fingerprint density at radius 3 is 3.11 bits per heavy atom. The summed E-state index contributed by atoms with van der Waals surface area (Å²) in [7, 11) is 0. The van der Waals surface area contributed by atoms with Crippen molar-refractivity contribution < 1.29 is 0 Å². The van der Waals surface area contributed by atoms with E-state index in [9.17, 15) is 0 Å². The van der Waals surface area contributed by atoms with Gasteiger partial charge in [-0.1, -0.05) is 22.9 Å². The minimum absolute atomic E-state index is 0.607. The molecule has 1 fully saturated rings. The van der Waals surface area contributed by atoms with E-state index in [-0.39, 0.29) is 0 Å². The van der Waals surface area contributed by atoms with Crippen molar-refractivity contribution in [2.24, 2.45) is 0 Å². The zero-order valence-corrected chi connectivity index (χ0v) is 12.9. The van der Waals surface area contributed by atoms with E-state index < -0.39 is 0 Å². The highest BCUT2D eigenvalue weighted by Gasteiger charge is 2.18. The number of aromatic nitrogens is 2. The number of aryl methyl sites for hydroxylation is 1. The monoisotopic (exact) mass is 321 g/mol. The molecule has 0 spiro atoms. The van der Waals surface area contributed by atoms with Gasteiger partial charge in [0, 0.05) is 23.5 Å². The summed E-state index contributed by atoms with van der Waals surface area (Å²) in [6.45, 7) is 4.44. The molecule has 2 heterocycles. The molecule has 4 heteroatoms. The van der Waals surface area contributed by atoms with E-state index in [4.69, 9.17) is 4.98 Å². The molecule has 0 bridgehead atoms. The number of benzene rings is 1. The van der Waals surface area contributed by atoms with E-state index in [1.54, 1.807) is 0 Å². The highest BCUT2D eigenvalue weighted by molar-refractivity contribution is 9.10. The van der Waals surface area contributed by atoms with Crippen LogP contribution in [0.5, 0.6) is 0 Å². The standard InChI is InChI=1S/C15H20BrN3/c1-2-8-19-14-6-5-11(16)9-13(14)18-15(19)10-12-4-3-7-17-12/h5-6,9,12,17H,2-4,7-8,10H2,1H3. The Kier molecular flexibility index (Phi) is 3.89. The number of halogens is 1. The Hall–Kier alpha value is -0.870. The quantitative estimate of drug-likeness (QED) is 0.934. The average Bonchev–Trinajstić information content (AvgIpc) is 2.99. The highest BCUT2D eigenvalue weighted by Crippen LogP contribution is 2.23. The van der Waals surface area contributed by atoms with Crippen molar-refractivity contribution in [1.82, 2.24) is 14.9 Å². The van der Waals surface area contributed by atoms with Gasteiger partial charge in [0.25, 0.3) is 0 Å². The molecule has 1 N–H and O–H groups in total. The molecule has 1 aromatic heterocycles. The summed E-state index contributed by atoms with van der Waals surface area (Å²) in [5.74, 6) is 1.23. The first-order valence-electron chi connectivity index (χ1n) is 7.16. The van der Waals surface area contributed by atoms with Crippen LogP contribution in [0.2, 0.25) is 0 Å². The number of fused-ring (bicyclic) bond motifs is 1. The minimum atomic E-state index is 0.607. The third-order valence-corrected chi connectivity index (χ3v) is 4.32. The van der Waals surface area contributed by atoms with Crippen LogP contribution in [0.3, 0.4) is 0 Å². The maximum absolute atomic E-state index is 4.85. The minimum Gasteiger partial charge on any atom is -0.328 e. The number of hydrogen-bond acceptors (Lipinski definition) is 2. The molecule has 2 aromatic rings. The number of hydrogen-bond donors (Lipinski definition) is 1. The Morgan fingerprint density at radius 1 is 1.47 bits per heavy atom. The van der Waals surface area contributed by atoms with E-state index >= 15 is 0 Å². The van der Waals surface area contributed by atoms with Gasteiger partial charge in [0.05, 0.1) is 11.0 Å². The van der Waals surface area contributed by atoms with E-state index in [1.807, 2.05) is 0 Å². The highest BCUT2D eigenvalue weighted by atomic mass is 79.9. The van der Waals surface area contributed by atoms with Crippen molar-refractivity contribution in [3.05, 3.63) is 28.5 Å². The van der Waals surface area contributed by atoms with Crippen molar-refractivity contribution in [3.63, 3.8) is 0 Å². The Labute approximate surface area is 122 Å². The van der Waals surface area contributed by atoms with Crippen LogP contribution in [0, 0.1) is 0 Å². The van der Waals surface area contributed by atoms with Gasteiger partial charge in [-0.05, 0) is 44.0 Å². The molecule has 1 aromatic carbocycles. The maximum Gasteiger partial charge on any atom is 0.111 e. The second-order valence-electron chi connectivity index (χ2n) is 5.31. The Morgan fingerprint density at radius 2 is 2.37 bits per heavy atom. The van der Waals surface area contributed by atoms with Crippen LogP contribution >= 0.6 is 15.9 Å². The van der Waals surface area contributed by atoms with Crippen LogP contribution < -0.4 is 5.32 Å². The van der Waals surface area contributed by atoms with Gasteiger partial charge in [-0.3, -0.25) is 0 Å². The summed E-state index contributed by atoms with van der Waals surface area (Å²) < 4.78 is 3.49. The van der Waals surface area contributed by atoms with Crippen LogP contribution in [-0.4, -0.2) is 22.1 Å². The third kappa shape index (κ3) is 2.70. The molecule has 1 aliphatic rings. The van der Waals surface area contributed by atoms with E-state index in [0.29, 0.717) is 6.04 Å². The molecule has 0 radical (unpaired) electrons. The lowest BCUT2D eigenvalue weighted by atomic mass is 10.1. The summed E-state index contributed by atoms with van der Waals surface area (Å²) in [5, 5.41) is 3.57. The molecule has 102 valence electrons. The Bertz CT molecular complexity index is 570. The smallest absolute Gasteiger partial charge is 0.111 e. The lowest BCUT2D eigenvalue weighted by molar-refractivity contribution is 0.556. The van der Waals surface area contributed by atoms with E-state index in [0.717, 1.165) is 35.9 Å². The van der Waals surface area contributed by atoms with Gasteiger partial charge >= 0.3 is 0 Å². The van der Waals surface area contributed by atoms with E-state index in [1.165, 1.54) is 24.2 Å². The van der Waals surface area contributed by atoms with Crippen LogP contribution in [0.4, 0.5) is 0 Å². The largest absolute Gasteiger partial charge is 0.328 e. The van der Waals surface area contributed by atoms with Crippen molar-refractivity contribution in [2.45, 2.75) is 45.2 Å². The van der Waals surface area contributed by atoms with Crippen molar-refractivity contribution in [1.29, 1.82) is 0 Å². The molecule has 19 heavy (non-hydrogen) atoms. The molecule has 1 aliphatic heterocycles. The van der Waals surface area contributed by atoms with Gasteiger partial charge in [-0.25, -0.2) is 4.98 Å². The van der Waals surface area contributed by atoms with Gasteiger partial charge in [-0.15, -0.1) is 0 Å². The zero-order chi connectivity index (χ0) is 13.2. The molecule has 1 atom stereocenters. The first-order valence-corrected chi connectivity index (χ1v) is 7.95. The molecule has 0 saturated carbocycles. The molecule has 0 aliphatic carbocycles. The predicted octanol–water partition coefficient (Wildman–Crippen LogP) is 3.50. The number of nitrogens with zero attached hydrogens (tertiary/aromatic N) is 2. The van der Waals surface area contributed by atoms with Gasteiger partial charge in [0.2, 0.25) is 0 Å². The van der Waals surface area contributed by atoms with Crippen molar-refractivity contribution in [3.8, 4) is 0 Å². The number of nitrogens with one attached hydrogen (secondary N) is 1. The summed E-state index contributed by atoms with van der Waals surface area (Å²) >= 11 is 3.53. The van der Waals surface area contributed by atoms with Crippen molar-refractivity contribution >= 4 is 27.0 Å². The van der Waals surface area contributed by atoms with Gasteiger partial charge in [0.1, 0.15) is 5.82 Å². The van der Waals surface area contributed by atoms with E-state index in [2.05, 4.69) is 50.9 Å². The SMILES string of the molecule is CCCn1c(CC2CCCN2)nc2cc(Br)ccc21. The lowest BCUT2D eigenvalue weighted by Gasteiger charge is -2.12. The first-order chi connectivity index (χ1) is 9.28. The first kappa shape index (κ1) is 13.1. The molecule has 1 saturated heterocycles. The second-order valence-corrected chi connectivity index (χ2v) is 6.23. The summed E-state index contributed by atoms with van der Waals surface area (Å²) in [5.41, 5.74) is 2.37. The van der Waals surface area contributed by atoms with Crippen LogP contribution in [0.25, 0.3) is 11.0 Å². The summed E-state index contributed by atoms with van der Waals surface area (Å²) in [6.07, 6.45) is 4.77. The number of imidazole rings is 1.